The Balaban J connectivity index is 2.23. The van der Waals surface area contributed by atoms with Gasteiger partial charge in [0.1, 0.15) is 10.6 Å². The van der Waals surface area contributed by atoms with Gasteiger partial charge in [-0.2, -0.15) is 0 Å². The van der Waals surface area contributed by atoms with E-state index in [1.165, 1.54) is 11.3 Å². The first-order valence-corrected chi connectivity index (χ1v) is 7.88. The number of nitrogens with two attached hydrogens (primary N) is 1. The van der Waals surface area contributed by atoms with Crippen LogP contribution in [0.3, 0.4) is 0 Å². The molecule has 0 atom stereocenters. The fraction of sp³-hybridized carbons (Fsp3) is 0.312. The number of carbonyl (C=O) groups is 1. The molecule has 2 rings (SSSR count). The van der Waals surface area contributed by atoms with E-state index in [0.29, 0.717) is 30.3 Å². The average molecular weight is 304 g/mol. The molecule has 1 amide bonds. The molecule has 0 fully saturated rings. The molecular weight excluding hydrogens is 284 g/mol. The highest BCUT2D eigenvalue weighted by Gasteiger charge is 2.17. The van der Waals surface area contributed by atoms with Crippen LogP contribution < -0.4 is 15.8 Å². The second-order valence-corrected chi connectivity index (χ2v) is 5.55. The van der Waals surface area contributed by atoms with Gasteiger partial charge < -0.3 is 15.8 Å². The van der Waals surface area contributed by atoms with E-state index in [0.717, 1.165) is 16.9 Å². The maximum absolute atomic E-state index is 12.2. The number of hydrogen-bond acceptors (Lipinski definition) is 4. The zero-order valence-corrected chi connectivity index (χ0v) is 12.9. The first kappa shape index (κ1) is 15.5. The fourth-order valence-corrected chi connectivity index (χ4v) is 2.95. The lowest BCUT2D eigenvalue weighted by Crippen LogP contribution is -2.25. The summed E-state index contributed by atoms with van der Waals surface area (Å²) in [5, 5.41) is 2.87. The van der Waals surface area contributed by atoms with Crippen molar-refractivity contribution in [3.05, 3.63) is 41.3 Å². The van der Waals surface area contributed by atoms with E-state index in [4.69, 9.17) is 10.5 Å². The maximum Gasteiger partial charge on any atom is 0.265 e. The number of thiophene rings is 1. The van der Waals surface area contributed by atoms with Gasteiger partial charge in [-0.05, 0) is 31.5 Å². The molecule has 4 nitrogen and oxygen atoms in total. The lowest BCUT2D eigenvalue weighted by atomic mass is 10.2. The molecule has 0 radical (unpaired) electrons. The minimum atomic E-state index is -0.0981. The van der Waals surface area contributed by atoms with Crippen LogP contribution in [-0.4, -0.2) is 25.6 Å². The standard InChI is InChI=1S/C16H20N2O2S/c1-2-20-13-11-14(12-7-4-3-5-8-12)21-15(13)16(19)18-10-6-9-17/h3-5,7-8,11H,2,6,9-10,17H2,1H3,(H,18,19). The normalized spacial score (nSPS) is 10.4. The summed E-state index contributed by atoms with van der Waals surface area (Å²) in [6, 6.07) is 11.9. The van der Waals surface area contributed by atoms with Crippen LogP contribution in [0.4, 0.5) is 0 Å². The number of hydrogen-bond donors (Lipinski definition) is 2. The highest BCUT2D eigenvalue weighted by atomic mass is 32.1. The predicted octanol–water partition coefficient (Wildman–Crippen LogP) is 2.89. The molecule has 0 bridgehead atoms. The van der Waals surface area contributed by atoms with E-state index in [1.807, 2.05) is 43.3 Å². The second kappa shape index (κ2) is 7.81. The van der Waals surface area contributed by atoms with Crippen molar-refractivity contribution in [3.8, 4) is 16.2 Å². The molecule has 0 aliphatic rings. The van der Waals surface area contributed by atoms with Crippen LogP contribution in [0.1, 0.15) is 23.0 Å². The van der Waals surface area contributed by atoms with E-state index in [1.54, 1.807) is 0 Å². The number of benzene rings is 1. The molecule has 3 N–H and O–H groups in total. The van der Waals surface area contributed by atoms with Gasteiger partial charge in [0.05, 0.1) is 6.61 Å². The number of rotatable bonds is 7. The molecule has 0 saturated heterocycles. The van der Waals surface area contributed by atoms with Crippen molar-refractivity contribution in [2.75, 3.05) is 19.7 Å². The van der Waals surface area contributed by atoms with Gasteiger partial charge in [0.15, 0.2) is 0 Å². The Kier molecular flexibility index (Phi) is 5.78. The molecule has 5 heteroatoms. The lowest BCUT2D eigenvalue weighted by Gasteiger charge is -2.05. The van der Waals surface area contributed by atoms with Crippen molar-refractivity contribution in [1.82, 2.24) is 5.32 Å². The zero-order valence-electron chi connectivity index (χ0n) is 12.1. The summed E-state index contributed by atoms with van der Waals surface area (Å²) in [6.07, 6.45) is 0.770. The Hall–Kier alpha value is -1.85. The second-order valence-electron chi connectivity index (χ2n) is 4.50. The van der Waals surface area contributed by atoms with Crippen LogP contribution in [-0.2, 0) is 0 Å². The van der Waals surface area contributed by atoms with Gasteiger partial charge in [0.2, 0.25) is 0 Å². The molecule has 1 aromatic heterocycles. The van der Waals surface area contributed by atoms with Crippen molar-refractivity contribution < 1.29 is 9.53 Å². The topological polar surface area (TPSA) is 64.3 Å². The van der Waals surface area contributed by atoms with Crippen molar-refractivity contribution in [1.29, 1.82) is 0 Å². The molecule has 1 heterocycles. The van der Waals surface area contributed by atoms with Gasteiger partial charge in [0.25, 0.3) is 5.91 Å². The maximum atomic E-state index is 12.2. The van der Waals surface area contributed by atoms with Crippen molar-refractivity contribution >= 4 is 17.2 Å². The Morgan fingerprint density at radius 2 is 2.10 bits per heavy atom. The molecule has 0 spiro atoms. The third-order valence-electron chi connectivity index (χ3n) is 2.93. The van der Waals surface area contributed by atoms with Crippen molar-refractivity contribution in [2.45, 2.75) is 13.3 Å². The smallest absolute Gasteiger partial charge is 0.265 e. The molecule has 0 aliphatic carbocycles. The summed E-state index contributed by atoms with van der Waals surface area (Å²) in [5.41, 5.74) is 6.53. The van der Waals surface area contributed by atoms with E-state index in [2.05, 4.69) is 5.32 Å². The van der Waals surface area contributed by atoms with Crippen molar-refractivity contribution in [3.63, 3.8) is 0 Å². The number of ether oxygens (including phenoxy) is 1. The van der Waals surface area contributed by atoms with E-state index in [9.17, 15) is 4.79 Å². The van der Waals surface area contributed by atoms with Gasteiger partial charge in [-0.25, -0.2) is 0 Å². The van der Waals surface area contributed by atoms with Gasteiger partial charge in [0, 0.05) is 11.4 Å². The summed E-state index contributed by atoms with van der Waals surface area (Å²) in [7, 11) is 0. The Bertz CT molecular complexity index is 581. The third-order valence-corrected chi connectivity index (χ3v) is 4.09. The first-order chi connectivity index (χ1) is 10.3. The molecule has 21 heavy (non-hydrogen) atoms. The van der Waals surface area contributed by atoms with E-state index in [-0.39, 0.29) is 5.91 Å². The summed E-state index contributed by atoms with van der Waals surface area (Å²) in [5.74, 6) is 0.547. The summed E-state index contributed by atoms with van der Waals surface area (Å²) < 4.78 is 5.59. The minimum Gasteiger partial charge on any atom is -0.492 e. The Morgan fingerprint density at radius 3 is 2.76 bits per heavy atom. The molecule has 2 aromatic rings. The van der Waals surface area contributed by atoms with Gasteiger partial charge in [-0.1, -0.05) is 30.3 Å². The largest absolute Gasteiger partial charge is 0.492 e. The molecular formula is C16H20N2O2S. The molecule has 1 aromatic carbocycles. The van der Waals surface area contributed by atoms with Crippen molar-refractivity contribution in [2.24, 2.45) is 5.73 Å². The number of carbonyl (C=O) groups excluding carboxylic acids is 1. The molecule has 0 aliphatic heterocycles. The summed E-state index contributed by atoms with van der Waals surface area (Å²) in [4.78, 5) is 13.9. The van der Waals surface area contributed by atoms with E-state index >= 15 is 0 Å². The summed E-state index contributed by atoms with van der Waals surface area (Å²) in [6.45, 7) is 3.60. The average Bonchev–Trinajstić information content (AvgIpc) is 2.93. The highest BCUT2D eigenvalue weighted by molar-refractivity contribution is 7.17. The van der Waals surface area contributed by atoms with Gasteiger partial charge in [-0.15, -0.1) is 11.3 Å². The molecule has 0 saturated carbocycles. The predicted molar refractivity (Wildman–Crippen MR) is 86.9 cm³/mol. The SMILES string of the molecule is CCOc1cc(-c2ccccc2)sc1C(=O)NCCCN. The van der Waals surface area contributed by atoms with Crippen LogP contribution in [0, 0.1) is 0 Å². The summed E-state index contributed by atoms with van der Waals surface area (Å²) >= 11 is 1.45. The van der Waals surface area contributed by atoms with Crippen LogP contribution in [0.15, 0.2) is 36.4 Å². The van der Waals surface area contributed by atoms with E-state index < -0.39 is 0 Å². The molecule has 0 unspecified atom stereocenters. The Labute approximate surface area is 128 Å². The fourth-order valence-electron chi connectivity index (χ4n) is 1.92. The molecule has 112 valence electrons. The number of amides is 1. The minimum absolute atomic E-state index is 0.0981. The van der Waals surface area contributed by atoms with Crippen LogP contribution >= 0.6 is 11.3 Å². The highest BCUT2D eigenvalue weighted by Crippen LogP contribution is 2.36. The Morgan fingerprint density at radius 1 is 1.33 bits per heavy atom. The lowest BCUT2D eigenvalue weighted by molar-refractivity contribution is 0.0954. The van der Waals surface area contributed by atoms with Crippen LogP contribution in [0.5, 0.6) is 5.75 Å². The third kappa shape index (κ3) is 4.06. The quantitative estimate of drug-likeness (QED) is 0.773. The monoisotopic (exact) mass is 304 g/mol. The van der Waals surface area contributed by atoms with Gasteiger partial charge in [-0.3, -0.25) is 4.79 Å². The first-order valence-electron chi connectivity index (χ1n) is 7.06. The van der Waals surface area contributed by atoms with Gasteiger partial charge >= 0.3 is 0 Å². The van der Waals surface area contributed by atoms with Crippen LogP contribution in [0.25, 0.3) is 10.4 Å². The van der Waals surface area contributed by atoms with Crippen LogP contribution in [0.2, 0.25) is 0 Å². The number of nitrogens with one attached hydrogen (secondary N) is 1. The zero-order chi connectivity index (χ0) is 15.1.